The highest BCUT2D eigenvalue weighted by atomic mass is 79.9. The molecule has 1 aliphatic rings. The molecule has 1 N–H and O–H groups in total. The minimum Gasteiger partial charge on any atom is -0.385 e. The van der Waals surface area contributed by atoms with E-state index in [1.807, 2.05) is 6.92 Å². The molecule has 94 valence electrons. The van der Waals surface area contributed by atoms with E-state index < -0.39 is 17.3 Å². The van der Waals surface area contributed by atoms with Crippen molar-refractivity contribution < 1.29 is 18.3 Å². The van der Waals surface area contributed by atoms with Gasteiger partial charge in [0, 0.05) is 4.47 Å². The standard InChI is InChI=1S/C12H12BrF3O/c1-2-7-6-11(7,17)9-5-8(12(14,15)16)3-4-10(9)13/h3-5,7,17H,2,6H2,1H3. The van der Waals surface area contributed by atoms with Crippen LogP contribution in [-0.4, -0.2) is 5.11 Å². The molecule has 1 nitrogen and oxygen atoms in total. The summed E-state index contributed by atoms with van der Waals surface area (Å²) in [6.07, 6.45) is -3.08. The minimum atomic E-state index is -4.37. The number of aliphatic hydroxyl groups is 1. The van der Waals surface area contributed by atoms with E-state index in [4.69, 9.17) is 0 Å². The third-order valence-corrected chi connectivity index (χ3v) is 4.02. The summed E-state index contributed by atoms with van der Waals surface area (Å²) in [6.45, 7) is 1.92. The molecule has 0 amide bonds. The van der Waals surface area contributed by atoms with Gasteiger partial charge in [0.05, 0.1) is 11.2 Å². The Morgan fingerprint density at radius 2 is 2.12 bits per heavy atom. The van der Waals surface area contributed by atoms with Crippen LogP contribution in [0.5, 0.6) is 0 Å². The molecule has 1 fully saturated rings. The van der Waals surface area contributed by atoms with Gasteiger partial charge in [-0.25, -0.2) is 0 Å². The molecule has 17 heavy (non-hydrogen) atoms. The molecule has 0 aliphatic heterocycles. The van der Waals surface area contributed by atoms with Crippen molar-refractivity contribution in [1.82, 2.24) is 0 Å². The molecule has 2 rings (SSSR count). The number of halogens is 4. The van der Waals surface area contributed by atoms with Crippen molar-refractivity contribution in [3.63, 3.8) is 0 Å². The van der Waals surface area contributed by atoms with Crippen molar-refractivity contribution in [2.45, 2.75) is 31.5 Å². The molecule has 0 radical (unpaired) electrons. The Bertz CT molecular complexity index is 444. The van der Waals surface area contributed by atoms with Crippen LogP contribution in [0.25, 0.3) is 0 Å². The van der Waals surface area contributed by atoms with E-state index in [2.05, 4.69) is 15.9 Å². The second kappa shape index (κ2) is 3.99. The summed E-state index contributed by atoms with van der Waals surface area (Å²) in [4.78, 5) is 0. The lowest BCUT2D eigenvalue weighted by Gasteiger charge is -2.15. The van der Waals surface area contributed by atoms with Crippen molar-refractivity contribution in [1.29, 1.82) is 0 Å². The number of benzene rings is 1. The normalized spacial score (nSPS) is 28.2. The highest BCUT2D eigenvalue weighted by Gasteiger charge is 2.54. The summed E-state index contributed by atoms with van der Waals surface area (Å²) in [5.41, 5.74) is -1.46. The first kappa shape index (κ1) is 12.9. The third kappa shape index (κ3) is 2.22. The van der Waals surface area contributed by atoms with E-state index in [0.717, 1.165) is 18.6 Å². The number of hydrogen-bond acceptors (Lipinski definition) is 1. The lowest BCUT2D eigenvalue weighted by molar-refractivity contribution is -0.137. The predicted molar refractivity (Wildman–Crippen MR) is 61.4 cm³/mol. The maximum atomic E-state index is 12.6. The second-order valence-electron chi connectivity index (χ2n) is 4.43. The molecular weight excluding hydrogens is 297 g/mol. The number of hydrogen-bond donors (Lipinski definition) is 1. The zero-order valence-electron chi connectivity index (χ0n) is 9.18. The fourth-order valence-electron chi connectivity index (χ4n) is 2.16. The number of alkyl halides is 3. The first-order valence-corrected chi connectivity index (χ1v) is 6.18. The molecule has 1 saturated carbocycles. The molecule has 0 heterocycles. The molecular formula is C12H12BrF3O. The minimum absolute atomic E-state index is 0.0577. The van der Waals surface area contributed by atoms with E-state index in [1.54, 1.807) is 0 Å². The summed E-state index contributed by atoms with van der Waals surface area (Å²) < 4.78 is 38.3. The molecule has 2 unspecified atom stereocenters. The van der Waals surface area contributed by atoms with Crippen LogP contribution < -0.4 is 0 Å². The maximum absolute atomic E-state index is 12.6. The van der Waals surface area contributed by atoms with Gasteiger partial charge < -0.3 is 5.11 Å². The van der Waals surface area contributed by atoms with Crippen molar-refractivity contribution >= 4 is 15.9 Å². The van der Waals surface area contributed by atoms with Crippen molar-refractivity contribution in [3.8, 4) is 0 Å². The molecule has 1 aromatic carbocycles. The van der Waals surface area contributed by atoms with Crippen LogP contribution in [0.1, 0.15) is 30.9 Å². The smallest absolute Gasteiger partial charge is 0.385 e. The largest absolute Gasteiger partial charge is 0.416 e. The second-order valence-corrected chi connectivity index (χ2v) is 5.28. The van der Waals surface area contributed by atoms with Gasteiger partial charge >= 0.3 is 6.18 Å². The Kier molecular flexibility index (Phi) is 3.02. The Balaban J connectivity index is 2.42. The van der Waals surface area contributed by atoms with Gasteiger partial charge in [-0.05, 0) is 36.1 Å². The fourth-order valence-corrected chi connectivity index (χ4v) is 2.75. The van der Waals surface area contributed by atoms with Crippen LogP contribution in [-0.2, 0) is 11.8 Å². The van der Waals surface area contributed by atoms with E-state index in [0.29, 0.717) is 16.5 Å². The molecule has 2 atom stereocenters. The van der Waals surface area contributed by atoms with Crippen molar-refractivity contribution in [2.24, 2.45) is 5.92 Å². The third-order valence-electron chi connectivity index (χ3n) is 3.33. The van der Waals surface area contributed by atoms with Crippen LogP contribution in [0.15, 0.2) is 22.7 Å². The monoisotopic (exact) mass is 308 g/mol. The van der Waals surface area contributed by atoms with Gasteiger partial charge in [0.25, 0.3) is 0 Å². The summed E-state index contributed by atoms with van der Waals surface area (Å²) in [5, 5.41) is 10.2. The van der Waals surface area contributed by atoms with Crippen LogP contribution >= 0.6 is 15.9 Å². The maximum Gasteiger partial charge on any atom is 0.416 e. The Hall–Kier alpha value is -0.550. The summed E-state index contributed by atoms with van der Waals surface area (Å²) in [7, 11) is 0. The highest BCUT2D eigenvalue weighted by Crippen LogP contribution is 2.55. The zero-order valence-corrected chi connectivity index (χ0v) is 10.8. The summed E-state index contributed by atoms with van der Waals surface area (Å²) in [6, 6.07) is 3.40. The van der Waals surface area contributed by atoms with Gasteiger partial charge in [-0.1, -0.05) is 29.3 Å². The van der Waals surface area contributed by atoms with Gasteiger partial charge in [-0.15, -0.1) is 0 Å². The average Bonchev–Trinajstić information content (AvgIpc) is 2.89. The predicted octanol–water partition coefficient (Wildman–Crippen LogP) is 4.09. The lowest BCUT2D eigenvalue weighted by Crippen LogP contribution is -2.13. The molecule has 1 aliphatic carbocycles. The van der Waals surface area contributed by atoms with Gasteiger partial charge in [0.2, 0.25) is 0 Å². The van der Waals surface area contributed by atoms with Gasteiger partial charge in [-0.2, -0.15) is 13.2 Å². The Morgan fingerprint density at radius 1 is 1.47 bits per heavy atom. The van der Waals surface area contributed by atoms with Crippen molar-refractivity contribution in [3.05, 3.63) is 33.8 Å². The average molecular weight is 309 g/mol. The summed E-state index contributed by atoms with van der Waals surface area (Å²) >= 11 is 3.20. The Morgan fingerprint density at radius 3 is 2.59 bits per heavy atom. The molecule has 1 aromatic rings. The van der Waals surface area contributed by atoms with E-state index >= 15 is 0 Å². The van der Waals surface area contributed by atoms with Gasteiger partial charge in [0.1, 0.15) is 0 Å². The highest BCUT2D eigenvalue weighted by molar-refractivity contribution is 9.10. The van der Waals surface area contributed by atoms with Crippen molar-refractivity contribution in [2.75, 3.05) is 0 Å². The van der Waals surface area contributed by atoms with E-state index in [1.165, 1.54) is 6.07 Å². The van der Waals surface area contributed by atoms with Gasteiger partial charge in [0.15, 0.2) is 0 Å². The van der Waals surface area contributed by atoms with E-state index in [9.17, 15) is 18.3 Å². The van der Waals surface area contributed by atoms with Crippen LogP contribution in [0.4, 0.5) is 13.2 Å². The topological polar surface area (TPSA) is 20.2 Å². The zero-order chi connectivity index (χ0) is 12.8. The van der Waals surface area contributed by atoms with Crippen LogP contribution in [0, 0.1) is 5.92 Å². The summed E-state index contributed by atoms with van der Waals surface area (Å²) in [5.74, 6) is 0.0577. The van der Waals surface area contributed by atoms with Crippen LogP contribution in [0.3, 0.4) is 0 Å². The molecule has 0 saturated heterocycles. The molecule has 0 bridgehead atoms. The number of rotatable bonds is 2. The molecule has 5 heteroatoms. The Labute approximate surface area is 106 Å². The van der Waals surface area contributed by atoms with Crippen LogP contribution in [0.2, 0.25) is 0 Å². The fraction of sp³-hybridized carbons (Fsp3) is 0.500. The quantitative estimate of drug-likeness (QED) is 0.872. The first-order chi connectivity index (χ1) is 7.79. The lowest BCUT2D eigenvalue weighted by atomic mass is 10.0. The first-order valence-electron chi connectivity index (χ1n) is 5.38. The van der Waals surface area contributed by atoms with E-state index in [-0.39, 0.29) is 5.92 Å². The van der Waals surface area contributed by atoms with Gasteiger partial charge in [-0.3, -0.25) is 0 Å². The SMILES string of the molecule is CCC1CC1(O)c1cc(C(F)(F)F)ccc1Br. The molecule has 0 spiro atoms. The molecule has 0 aromatic heterocycles.